The molecule has 14 heteroatoms. The van der Waals surface area contributed by atoms with E-state index in [0.717, 1.165) is 23.1 Å². The van der Waals surface area contributed by atoms with Crippen LogP contribution in [0.4, 0.5) is 23.7 Å². The van der Waals surface area contributed by atoms with E-state index in [4.69, 9.17) is 0 Å². The van der Waals surface area contributed by atoms with Crippen molar-refractivity contribution in [1.29, 1.82) is 0 Å². The van der Waals surface area contributed by atoms with Crippen molar-refractivity contribution in [2.75, 3.05) is 25.0 Å². The predicted molar refractivity (Wildman–Crippen MR) is 142 cm³/mol. The maximum atomic E-state index is 14.4. The Balaban J connectivity index is 1.52. The highest BCUT2D eigenvalue weighted by Gasteiger charge is 2.58. The minimum absolute atomic E-state index is 0.00877. The molecule has 2 heterocycles. The Labute approximate surface area is 238 Å². The molecule has 5 amide bonds. The number of hydrogen-bond acceptors (Lipinski definition) is 6. The molecule has 1 unspecified atom stereocenters. The Kier molecular flexibility index (Phi) is 8.45. The zero-order valence-corrected chi connectivity index (χ0v) is 23.0. The molecule has 2 aliphatic rings. The number of piperidine rings is 1. The summed E-state index contributed by atoms with van der Waals surface area (Å²) in [6.45, 7) is 0.233. The molecule has 0 bridgehead atoms. The molecule has 0 aromatic heterocycles. The number of carboxylic acid groups (broad SMARTS) is 1. The molecule has 1 atom stereocenters. The molecule has 42 heavy (non-hydrogen) atoms. The summed E-state index contributed by atoms with van der Waals surface area (Å²) >= 11 is 0. The number of nitrogens with one attached hydrogen (secondary N) is 1. The molecule has 0 saturated carbocycles. The molecule has 2 aromatic rings. The number of ether oxygens (including phenoxy) is 1. The SMILES string of the molecule is CC(C)C(NC(=O)c1cc(OC(F)F)ccc1F)C(=O)N1CCC2(CC1)C(=O)N(C)C(=O)N2c1ccc(C(=O)O)cc1. The summed E-state index contributed by atoms with van der Waals surface area (Å²) in [6, 6.07) is 6.41. The lowest BCUT2D eigenvalue weighted by Gasteiger charge is -2.43. The van der Waals surface area contributed by atoms with Crippen LogP contribution in [0.1, 0.15) is 47.4 Å². The number of aromatic carboxylic acids is 1. The Morgan fingerprint density at radius 1 is 1.02 bits per heavy atom. The highest BCUT2D eigenvalue weighted by atomic mass is 19.3. The van der Waals surface area contributed by atoms with Gasteiger partial charge in [-0.15, -0.1) is 0 Å². The lowest BCUT2D eigenvalue weighted by atomic mass is 9.85. The van der Waals surface area contributed by atoms with Gasteiger partial charge in [-0.2, -0.15) is 8.78 Å². The summed E-state index contributed by atoms with van der Waals surface area (Å²) in [5.74, 6) is -4.98. The van der Waals surface area contributed by atoms with Gasteiger partial charge in [0.2, 0.25) is 5.91 Å². The molecule has 2 saturated heterocycles. The summed E-state index contributed by atoms with van der Waals surface area (Å²) in [4.78, 5) is 67.8. The number of carboxylic acids is 1. The van der Waals surface area contributed by atoms with Crippen LogP contribution >= 0.6 is 0 Å². The summed E-state index contributed by atoms with van der Waals surface area (Å²) in [5.41, 5.74) is -1.55. The Morgan fingerprint density at radius 3 is 2.19 bits per heavy atom. The van der Waals surface area contributed by atoms with E-state index in [0.29, 0.717) is 5.69 Å². The molecule has 1 spiro atoms. The third kappa shape index (κ3) is 5.60. The van der Waals surface area contributed by atoms with Crippen molar-refractivity contribution in [3.05, 3.63) is 59.4 Å². The van der Waals surface area contributed by atoms with Crippen molar-refractivity contribution >= 4 is 35.4 Å². The Hall–Kier alpha value is -4.62. The molecule has 2 aromatic carbocycles. The molecule has 11 nitrogen and oxygen atoms in total. The van der Waals surface area contributed by atoms with Gasteiger partial charge in [0.05, 0.1) is 11.1 Å². The standard InChI is InChI=1S/C28H29F3N4O7/c1-15(2)21(32-22(36)19-14-18(42-26(30)31)8-9-20(19)29)23(37)34-12-10-28(11-13-34)25(40)33(3)27(41)35(28)17-6-4-16(5-7-17)24(38)39/h4-9,14-15,21,26H,10-13H2,1-3H3,(H,32,36)(H,38,39). The lowest BCUT2D eigenvalue weighted by molar-refractivity contribution is -0.139. The molecular weight excluding hydrogens is 561 g/mol. The van der Waals surface area contributed by atoms with Gasteiger partial charge in [-0.25, -0.2) is 14.0 Å². The van der Waals surface area contributed by atoms with Gasteiger partial charge in [-0.1, -0.05) is 13.8 Å². The number of imide groups is 1. The van der Waals surface area contributed by atoms with Crippen molar-refractivity contribution in [3.63, 3.8) is 0 Å². The number of amides is 5. The van der Waals surface area contributed by atoms with Crippen LogP contribution in [0.5, 0.6) is 5.75 Å². The van der Waals surface area contributed by atoms with Crippen LogP contribution in [-0.4, -0.2) is 83.0 Å². The van der Waals surface area contributed by atoms with E-state index in [1.807, 2.05) is 0 Å². The first-order chi connectivity index (χ1) is 19.8. The number of likely N-dealkylation sites (N-methyl/N-ethyl adjacent to an activating group) is 1. The van der Waals surface area contributed by atoms with Crippen LogP contribution in [0.3, 0.4) is 0 Å². The maximum absolute atomic E-state index is 14.4. The molecule has 0 aliphatic carbocycles. The average Bonchev–Trinajstić information content (AvgIpc) is 3.12. The van der Waals surface area contributed by atoms with Gasteiger partial charge in [0.15, 0.2) is 0 Å². The van der Waals surface area contributed by atoms with Gasteiger partial charge in [0, 0.05) is 25.8 Å². The van der Waals surface area contributed by atoms with Gasteiger partial charge in [0.25, 0.3) is 11.8 Å². The van der Waals surface area contributed by atoms with Gasteiger partial charge in [-0.05, 0) is 61.2 Å². The minimum Gasteiger partial charge on any atom is -0.478 e. The fourth-order valence-corrected chi connectivity index (χ4v) is 5.26. The number of urea groups is 1. The van der Waals surface area contributed by atoms with Crippen molar-refractivity contribution in [1.82, 2.24) is 15.1 Å². The number of halogens is 3. The van der Waals surface area contributed by atoms with Crippen LogP contribution in [-0.2, 0) is 9.59 Å². The minimum atomic E-state index is -3.18. The molecular formula is C28H29F3N4O7. The molecule has 0 radical (unpaired) electrons. The van der Waals surface area contributed by atoms with E-state index in [-0.39, 0.29) is 31.5 Å². The van der Waals surface area contributed by atoms with Crippen LogP contribution in [0.2, 0.25) is 0 Å². The summed E-state index contributed by atoms with van der Waals surface area (Å²) in [5, 5.41) is 11.7. The van der Waals surface area contributed by atoms with Gasteiger partial charge in [0.1, 0.15) is 23.1 Å². The summed E-state index contributed by atoms with van der Waals surface area (Å²) in [7, 11) is 1.35. The van der Waals surface area contributed by atoms with Crippen molar-refractivity contribution in [3.8, 4) is 5.75 Å². The molecule has 224 valence electrons. The van der Waals surface area contributed by atoms with E-state index in [9.17, 15) is 42.3 Å². The fourth-order valence-electron chi connectivity index (χ4n) is 5.26. The first-order valence-corrected chi connectivity index (χ1v) is 13.1. The summed E-state index contributed by atoms with van der Waals surface area (Å²) in [6.07, 6.45) is 0.128. The van der Waals surface area contributed by atoms with Crippen molar-refractivity contribution < 1.29 is 47.0 Å². The second-order valence-electron chi connectivity index (χ2n) is 10.4. The second-order valence-corrected chi connectivity index (χ2v) is 10.4. The Morgan fingerprint density at radius 2 is 1.64 bits per heavy atom. The van der Waals surface area contributed by atoms with E-state index in [2.05, 4.69) is 10.1 Å². The number of likely N-dealkylation sites (tertiary alicyclic amines) is 1. The summed E-state index contributed by atoms with van der Waals surface area (Å²) < 4.78 is 43.8. The van der Waals surface area contributed by atoms with Crippen LogP contribution in [0.25, 0.3) is 0 Å². The number of benzene rings is 2. The number of hydrogen-bond donors (Lipinski definition) is 2. The molecule has 2 N–H and O–H groups in total. The van der Waals surface area contributed by atoms with Gasteiger partial charge >= 0.3 is 18.6 Å². The Bertz CT molecular complexity index is 1410. The molecule has 2 fully saturated rings. The number of carbonyl (C=O) groups excluding carboxylic acids is 4. The molecule has 2 aliphatic heterocycles. The first-order valence-electron chi connectivity index (χ1n) is 13.1. The van der Waals surface area contributed by atoms with Crippen molar-refractivity contribution in [2.24, 2.45) is 5.92 Å². The second kappa shape index (κ2) is 11.7. The first kappa shape index (κ1) is 30.3. The largest absolute Gasteiger partial charge is 0.478 e. The highest BCUT2D eigenvalue weighted by molar-refractivity contribution is 6.17. The van der Waals surface area contributed by atoms with Crippen LogP contribution in [0.15, 0.2) is 42.5 Å². The highest BCUT2D eigenvalue weighted by Crippen LogP contribution is 2.40. The van der Waals surface area contributed by atoms with Crippen LogP contribution < -0.4 is 15.0 Å². The maximum Gasteiger partial charge on any atom is 0.387 e. The van der Waals surface area contributed by atoms with Gasteiger partial charge in [-0.3, -0.25) is 24.2 Å². The smallest absolute Gasteiger partial charge is 0.387 e. The third-order valence-corrected chi connectivity index (χ3v) is 7.51. The number of anilines is 1. The lowest BCUT2D eigenvalue weighted by Crippen LogP contribution is -2.60. The fraction of sp³-hybridized carbons (Fsp3) is 0.393. The van der Waals surface area contributed by atoms with E-state index in [1.54, 1.807) is 13.8 Å². The monoisotopic (exact) mass is 590 g/mol. The van der Waals surface area contributed by atoms with E-state index < -0.39 is 71.0 Å². The van der Waals surface area contributed by atoms with Crippen molar-refractivity contribution in [2.45, 2.75) is 44.9 Å². The third-order valence-electron chi connectivity index (χ3n) is 7.51. The van der Waals surface area contributed by atoms with Crippen LogP contribution in [0, 0.1) is 11.7 Å². The quantitative estimate of drug-likeness (QED) is 0.450. The zero-order chi connectivity index (χ0) is 30.9. The van der Waals surface area contributed by atoms with E-state index in [1.165, 1.54) is 41.1 Å². The number of carbonyl (C=O) groups is 5. The number of alkyl halides is 2. The predicted octanol–water partition coefficient (Wildman–Crippen LogP) is 3.34. The van der Waals surface area contributed by atoms with Gasteiger partial charge < -0.3 is 20.1 Å². The number of nitrogens with zero attached hydrogens (tertiary/aromatic N) is 3. The average molecular weight is 591 g/mol. The normalized spacial score (nSPS) is 17.3. The zero-order valence-electron chi connectivity index (χ0n) is 23.0. The topological polar surface area (TPSA) is 137 Å². The molecule has 4 rings (SSSR count). The van der Waals surface area contributed by atoms with E-state index >= 15 is 0 Å². The number of rotatable bonds is 8.